The number of benzene rings is 3. The van der Waals surface area contributed by atoms with Gasteiger partial charge in [0, 0.05) is 11.6 Å². The zero-order valence-corrected chi connectivity index (χ0v) is 18.5. The molecule has 0 saturated carbocycles. The van der Waals surface area contributed by atoms with Gasteiger partial charge in [0.1, 0.15) is 10.8 Å². The van der Waals surface area contributed by atoms with E-state index in [1.807, 2.05) is 42.5 Å². The van der Waals surface area contributed by atoms with Crippen molar-refractivity contribution in [1.29, 1.82) is 0 Å². The predicted octanol–water partition coefficient (Wildman–Crippen LogP) is 3.63. The highest BCUT2D eigenvalue weighted by molar-refractivity contribution is 7.80. The molecule has 0 saturated heterocycles. The number of nitro groups is 1. The van der Waals surface area contributed by atoms with E-state index in [9.17, 15) is 19.7 Å². The van der Waals surface area contributed by atoms with E-state index in [2.05, 4.69) is 16.2 Å². The van der Waals surface area contributed by atoms with E-state index < -0.39 is 22.4 Å². The fraction of sp³-hybridized carbons (Fsp3) is 0.0455. The van der Waals surface area contributed by atoms with Gasteiger partial charge < -0.3 is 4.74 Å². The quantitative estimate of drug-likeness (QED) is 0.277. The number of hydrazine groups is 1. The minimum absolute atomic E-state index is 0.0242. The highest BCUT2D eigenvalue weighted by Crippen LogP contribution is 2.25. The molecule has 33 heavy (non-hydrogen) atoms. The smallest absolute Gasteiger partial charge is 0.288 e. The van der Waals surface area contributed by atoms with Crippen LogP contribution in [0, 0.1) is 10.1 Å². The Balaban J connectivity index is 1.44. The first kappa shape index (κ1) is 23.6. The summed E-state index contributed by atoms with van der Waals surface area (Å²) in [5, 5.41) is 12.9. The fourth-order valence-electron chi connectivity index (χ4n) is 2.69. The van der Waals surface area contributed by atoms with Crippen LogP contribution in [0.2, 0.25) is 5.02 Å². The summed E-state index contributed by atoms with van der Waals surface area (Å²) in [5.41, 5.74) is 6.29. The highest BCUT2D eigenvalue weighted by Gasteiger charge is 2.17. The number of nitrogens with zero attached hydrogens (tertiary/aromatic N) is 1. The van der Waals surface area contributed by atoms with Gasteiger partial charge in [-0.2, -0.15) is 0 Å². The molecular weight excluding hydrogens is 468 g/mol. The second-order valence-corrected chi connectivity index (χ2v) is 7.37. The van der Waals surface area contributed by atoms with Gasteiger partial charge in [0.05, 0.1) is 4.92 Å². The number of thiocarbonyl (C=S) groups is 1. The maximum absolute atomic E-state index is 12.2. The standard InChI is InChI=1S/C22H17ClN4O5S/c23-18-11-8-16(12-19(18)27(30)31)21(29)24-22(33)26-25-20(28)13-32-17-9-6-15(7-10-17)14-4-2-1-3-5-14/h1-12H,13H2,(H,25,28)(H2,24,26,29,33). The van der Waals surface area contributed by atoms with Crippen LogP contribution in [-0.4, -0.2) is 28.5 Å². The van der Waals surface area contributed by atoms with E-state index in [-0.39, 0.29) is 22.3 Å². The van der Waals surface area contributed by atoms with Gasteiger partial charge in [0.15, 0.2) is 11.7 Å². The Kier molecular flexibility index (Phi) is 7.90. The van der Waals surface area contributed by atoms with Gasteiger partial charge in [-0.3, -0.25) is 35.9 Å². The van der Waals surface area contributed by atoms with Crippen molar-refractivity contribution in [3.05, 3.63) is 93.5 Å². The monoisotopic (exact) mass is 484 g/mol. The van der Waals surface area contributed by atoms with E-state index in [1.54, 1.807) is 12.1 Å². The number of carbonyl (C=O) groups is 2. The van der Waals surface area contributed by atoms with Gasteiger partial charge in [-0.15, -0.1) is 0 Å². The minimum Gasteiger partial charge on any atom is -0.484 e. The molecule has 0 unspecified atom stereocenters. The molecule has 0 aliphatic carbocycles. The summed E-state index contributed by atoms with van der Waals surface area (Å²) >= 11 is 10.7. The fourth-order valence-corrected chi connectivity index (χ4v) is 3.02. The first-order valence-electron chi connectivity index (χ1n) is 9.46. The first-order valence-corrected chi connectivity index (χ1v) is 10.2. The lowest BCUT2D eigenvalue weighted by Crippen LogP contribution is -2.49. The molecule has 3 aromatic carbocycles. The molecule has 0 atom stereocenters. The first-order chi connectivity index (χ1) is 15.8. The molecule has 3 N–H and O–H groups in total. The lowest BCUT2D eigenvalue weighted by molar-refractivity contribution is -0.384. The van der Waals surface area contributed by atoms with Crippen molar-refractivity contribution in [2.45, 2.75) is 0 Å². The Morgan fingerprint density at radius 2 is 1.64 bits per heavy atom. The lowest BCUT2D eigenvalue weighted by atomic mass is 10.1. The molecule has 0 spiro atoms. The van der Waals surface area contributed by atoms with E-state index in [1.165, 1.54) is 12.1 Å². The SMILES string of the molecule is O=C(COc1ccc(-c2ccccc2)cc1)NNC(=S)NC(=O)c1ccc(Cl)c([N+](=O)[O-])c1. The molecule has 0 aliphatic rings. The molecule has 0 aliphatic heterocycles. The van der Waals surface area contributed by atoms with Crippen LogP contribution >= 0.6 is 23.8 Å². The number of carbonyl (C=O) groups excluding carboxylic acids is 2. The third kappa shape index (κ3) is 6.73. The molecule has 3 rings (SSSR count). The Morgan fingerprint density at radius 1 is 0.970 bits per heavy atom. The molecule has 0 bridgehead atoms. The van der Waals surface area contributed by atoms with Crippen molar-refractivity contribution >= 4 is 46.4 Å². The summed E-state index contributed by atoms with van der Waals surface area (Å²) in [5.74, 6) is -0.748. The maximum Gasteiger partial charge on any atom is 0.288 e. The summed E-state index contributed by atoms with van der Waals surface area (Å²) in [7, 11) is 0. The van der Waals surface area contributed by atoms with Crippen LogP contribution in [0.3, 0.4) is 0 Å². The molecule has 168 valence electrons. The van der Waals surface area contributed by atoms with E-state index in [0.29, 0.717) is 5.75 Å². The van der Waals surface area contributed by atoms with Gasteiger partial charge in [-0.25, -0.2) is 0 Å². The van der Waals surface area contributed by atoms with Crippen LogP contribution in [0.1, 0.15) is 10.4 Å². The van der Waals surface area contributed by atoms with Crippen molar-refractivity contribution in [3.63, 3.8) is 0 Å². The third-order valence-electron chi connectivity index (χ3n) is 4.28. The average molecular weight is 485 g/mol. The molecule has 2 amide bonds. The largest absolute Gasteiger partial charge is 0.484 e. The molecule has 11 heteroatoms. The number of nitro benzene ring substituents is 1. The average Bonchev–Trinajstić information content (AvgIpc) is 2.82. The van der Waals surface area contributed by atoms with Crippen molar-refractivity contribution in [3.8, 4) is 16.9 Å². The molecule has 3 aromatic rings. The van der Waals surface area contributed by atoms with E-state index in [0.717, 1.165) is 17.2 Å². The third-order valence-corrected chi connectivity index (χ3v) is 4.80. The number of hydrogen-bond donors (Lipinski definition) is 3. The van der Waals surface area contributed by atoms with Crippen molar-refractivity contribution < 1.29 is 19.2 Å². The summed E-state index contributed by atoms with van der Waals surface area (Å²) in [6.45, 7) is -0.294. The summed E-state index contributed by atoms with van der Waals surface area (Å²) in [4.78, 5) is 34.4. The molecule has 0 aromatic heterocycles. The summed E-state index contributed by atoms with van der Waals surface area (Å²) in [6.07, 6.45) is 0. The van der Waals surface area contributed by atoms with Gasteiger partial charge in [0.2, 0.25) is 0 Å². The lowest BCUT2D eigenvalue weighted by Gasteiger charge is -2.12. The van der Waals surface area contributed by atoms with Crippen LogP contribution < -0.4 is 20.9 Å². The van der Waals surface area contributed by atoms with Gasteiger partial charge in [-0.1, -0.05) is 54.1 Å². The molecule has 0 fully saturated rings. The summed E-state index contributed by atoms with van der Waals surface area (Å²) < 4.78 is 5.43. The Labute approximate surface area is 198 Å². The number of nitrogens with one attached hydrogen (secondary N) is 3. The van der Waals surface area contributed by atoms with Gasteiger partial charge in [0.25, 0.3) is 17.5 Å². The van der Waals surface area contributed by atoms with Crippen LogP contribution in [0.25, 0.3) is 11.1 Å². The normalized spacial score (nSPS) is 10.1. The number of ether oxygens (including phenoxy) is 1. The zero-order valence-electron chi connectivity index (χ0n) is 16.9. The highest BCUT2D eigenvalue weighted by atomic mass is 35.5. The zero-order chi connectivity index (χ0) is 23.8. The second-order valence-electron chi connectivity index (χ2n) is 6.56. The van der Waals surface area contributed by atoms with Crippen molar-refractivity contribution in [1.82, 2.24) is 16.2 Å². The molecular formula is C22H17ClN4O5S. The Bertz CT molecular complexity index is 1190. The Morgan fingerprint density at radius 3 is 2.30 bits per heavy atom. The molecule has 0 radical (unpaired) electrons. The van der Waals surface area contributed by atoms with Crippen molar-refractivity contribution in [2.24, 2.45) is 0 Å². The van der Waals surface area contributed by atoms with Gasteiger partial charge in [-0.05, 0) is 47.6 Å². The van der Waals surface area contributed by atoms with E-state index in [4.69, 9.17) is 28.6 Å². The van der Waals surface area contributed by atoms with Crippen LogP contribution in [0.4, 0.5) is 5.69 Å². The number of hydrogen-bond acceptors (Lipinski definition) is 6. The van der Waals surface area contributed by atoms with Crippen LogP contribution in [0.5, 0.6) is 5.75 Å². The minimum atomic E-state index is -0.712. The number of rotatable bonds is 6. The van der Waals surface area contributed by atoms with E-state index >= 15 is 0 Å². The maximum atomic E-state index is 12.2. The molecule has 9 nitrogen and oxygen atoms in total. The summed E-state index contributed by atoms with van der Waals surface area (Å²) in [6, 6.07) is 20.6. The topological polar surface area (TPSA) is 123 Å². The van der Waals surface area contributed by atoms with Crippen LogP contribution in [0.15, 0.2) is 72.8 Å². The second kappa shape index (κ2) is 11.0. The van der Waals surface area contributed by atoms with Crippen LogP contribution in [-0.2, 0) is 4.79 Å². The van der Waals surface area contributed by atoms with Gasteiger partial charge >= 0.3 is 0 Å². The number of halogens is 1. The van der Waals surface area contributed by atoms with Crippen molar-refractivity contribution in [2.75, 3.05) is 6.61 Å². The predicted molar refractivity (Wildman–Crippen MR) is 127 cm³/mol. The number of amides is 2. The molecule has 0 heterocycles. The Hall–Kier alpha value is -4.02.